The fraction of sp³-hybridized carbons (Fsp3) is 0.267. The molecule has 2 aromatic rings. The molecule has 0 atom stereocenters. The van der Waals surface area contributed by atoms with Crippen molar-refractivity contribution in [3.05, 3.63) is 51.7 Å². The van der Waals surface area contributed by atoms with Crippen LogP contribution in [0.25, 0.3) is 0 Å². The molecule has 2 rings (SSSR count). The van der Waals surface area contributed by atoms with Gasteiger partial charge >= 0.3 is 5.97 Å². The first-order valence-electron chi connectivity index (χ1n) is 6.15. The van der Waals surface area contributed by atoms with Gasteiger partial charge in [-0.1, -0.05) is 6.07 Å². The van der Waals surface area contributed by atoms with Crippen molar-refractivity contribution in [2.75, 3.05) is 18.5 Å². The number of aryl methyl sites for hydroxylation is 1. The smallest absolute Gasteiger partial charge is 0.335 e. The molecule has 0 aliphatic heterocycles. The topological polar surface area (TPSA) is 40.5 Å². The van der Waals surface area contributed by atoms with Crippen molar-refractivity contribution in [2.45, 2.75) is 13.3 Å². The van der Waals surface area contributed by atoms with Crippen molar-refractivity contribution in [3.63, 3.8) is 0 Å². The number of nitrogens with zero attached hydrogens (tertiary/aromatic N) is 1. The summed E-state index contributed by atoms with van der Waals surface area (Å²) in [6.07, 6.45) is 1.01. The van der Waals surface area contributed by atoms with E-state index in [1.54, 1.807) is 17.4 Å². The number of carboxylic acid groups (broad SMARTS) is 1. The van der Waals surface area contributed by atoms with Crippen LogP contribution in [-0.2, 0) is 6.42 Å². The highest BCUT2D eigenvalue weighted by Gasteiger charge is 2.09. The summed E-state index contributed by atoms with van der Waals surface area (Å²) in [5, 5.41) is 11.1. The molecular formula is C15H17NO2S. The van der Waals surface area contributed by atoms with Gasteiger partial charge in [-0.05, 0) is 48.6 Å². The fourth-order valence-corrected chi connectivity index (χ4v) is 2.69. The standard InChI is InChI=1S/C15H17NO2S/c1-11-10-12(5-6-14(11)15(17)18)16(2)8-7-13-4-3-9-19-13/h3-6,9-10H,7-8H2,1-2H3,(H,17,18). The third kappa shape index (κ3) is 3.35. The lowest BCUT2D eigenvalue weighted by Crippen LogP contribution is -2.20. The van der Waals surface area contributed by atoms with Gasteiger partial charge in [-0.25, -0.2) is 4.79 Å². The molecule has 0 radical (unpaired) electrons. The number of anilines is 1. The molecule has 0 unspecified atom stereocenters. The Morgan fingerprint density at radius 2 is 2.16 bits per heavy atom. The van der Waals surface area contributed by atoms with Crippen LogP contribution in [0.3, 0.4) is 0 Å². The van der Waals surface area contributed by atoms with E-state index < -0.39 is 5.97 Å². The third-order valence-electron chi connectivity index (χ3n) is 3.15. The maximum absolute atomic E-state index is 11.0. The van der Waals surface area contributed by atoms with Crippen LogP contribution >= 0.6 is 11.3 Å². The van der Waals surface area contributed by atoms with Gasteiger partial charge in [0.15, 0.2) is 0 Å². The Kier molecular flexibility index (Phi) is 4.22. The van der Waals surface area contributed by atoms with Crippen molar-refractivity contribution in [1.29, 1.82) is 0 Å². The van der Waals surface area contributed by atoms with Crippen molar-refractivity contribution < 1.29 is 9.90 Å². The Morgan fingerprint density at radius 1 is 1.37 bits per heavy atom. The SMILES string of the molecule is Cc1cc(N(C)CCc2cccs2)ccc1C(=O)O. The molecule has 0 amide bonds. The molecule has 3 nitrogen and oxygen atoms in total. The molecule has 0 fully saturated rings. The lowest BCUT2D eigenvalue weighted by Gasteiger charge is -2.20. The van der Waals surface area contributed by atoms with Gasteiger partial charge in [0, 0.05) is 24.2 Å². The lowest BCUT2D eigenvalue weighted by atomic mass is 10.1. The van der Waals surface area contributed by atoms with Crippen LogP contribution in [0.1, 0.15) is 20.8 Å². The third-order valence-corrected chi connectivity index (χ3v) is 4.09. The molecule has 0 saturated carbocycles. The summed E-state index contributed by atoms with van der Waals surface area (Å²) in [6.45, 7) is 2.76. The first kappa shape index (κ1) is 13.6. The molecule has 4 heteroatoms. The molecule has 1 N–H and O–H groups in total. The molecule has 0 saturated heterocycles. The summed E-state index contributed by atoms with van der Waals surface area (Å²) in [4.78, 5) is 14.5. The highest BCUT2D eigenvalue weighted by Crippen LogP contribution is 2.19. The zero-order chi connectivity index (χ0) is 13.8. The Balaban J connectivity index is 2.05. The van der Waals surface area contributed by atoms with Crippen LogP contribution in [0.4, 0.5) is 5.69 Å². The van der Waals surface area contributed by atoms with Gasteiger partial charge in [0.05, 0.1) is 5.56 Å². The lowest BCUT2D eigenvalue weighted by molar-refractivity contribution is 0.0696. The second-order valence-electron chi connectivity index (χ2n) is 4.56. The number of aromatic carboxylic acids is 1. The van der Waals surface area contributed by atoms with Crippen LogP contribution in [0, 0.1) is 6.92 Å². The van der Waals surface area contributed by atoms with E-state index in [0.717, 1.165) is 24.2 Å². The van der Waals surface area contributed by atoms with Crippen LogP contribution in [0.5, 0.6) is 0 Å². The van der Waals surface area contributed by atoms with E-state index in [2.05, 4.69) is 22.4 Å². The molecule has 0 bridgehead atoms. The number of rotatable bonds is 5. The average Bonchev–Trinajstić information content (AvgIpc) is 2.88. The first-order chi connectivity index (χ1) is 9.08. The van der Waals surface area contributed by atoms with Crippen molar-refractivity contribution in [1.82, 2.24) is 0 Å². The quantitative estimate of drug-likeness (QED) is 0.908. The predicted octanol–water partition coefficient (Wildman–Crippen LogP) is 3.43. The molecular weight excluding hydrogens is 258 g/mol. The molecule has 19 heavy (non-hydrogen) atoms. The van der Waals surface area contributed by atoms with Gasteiger partial charge in [0.25, 0.3) is 0 Å². The van der Waals surface area contributed by atoms with E-state index in [-0.39, 0.29) is 0 Å². The second-order valence-corrected chi connectivity index (χ2v) is 5.59. The molecule has 1 heterocycles. The first-order valence-corrected chi connectivity index (χ1v) is 7.03. The van der Waals surface area contributed by atoms with Crippen molar-refractivity contribution in [2.24, 2.45) is 0 Å². The van der Waals surface area contributed by atoms with E-state index >= 15 is 0 Å². The van der Waals surface area contributed by atoms with Gasteiger partial charge < -0.3 is 10.0 Å². The molecule has 0 aliphatic rings. The number of hydrogen-bond donors (Lipinski definition) is 1. The van der Waals surface area contributed by atoms with Gasteiger partial charge in [-0.3, -0.25) is 0 Å². The zero-order valence-corrected chi connectivity index (χ0v) is 11.9. The van der Waals surface area contributed by atoms with E-state index in [9.17, 15) is 4.79 Å². The van der Waals surface area contributed by atoms with E-state index in [0.29, 0.717) is 5.56 Å². The summed E-state index contributed by atoms with van der Waals surface area (Å²) in [5.74, 6) is -0.870. The van der Waals surface area contributed by atoms with Gasteiger partial charge in [-0.15, -0.1) is 11.3 Å². The highest BCUT2D eigenvalue weighted by atomic mass is 32.1. The second kappa shape index (κ2) is 5.89. The minimum atomic E-state index is -0.870. The largest absolute Gasteiger partial charge is 0.478 e. The Morgan fingerprint density at radius 3 is 2.74 bits per heavy atom. The van der Waals surface area contributed by atoms with Gasteiger partial charge in [0.1, 0.15) is 0 Å². The number of carboxylic acids is 1. The highest BCUT2D eigenvalue weighted by molar-refractivity contribution is 7.09. The van der Waals surface area contributed by atoms with Crippen molar-refractivity contribution in [3.8, 4) is 0 Å². The Bertz CT molecular complexity index is 564. The summed E-state index contributed by atoms with van der Waals surface area (Å²) < 4.78 is 0. The van der Waals surface area contributed by atoms with Crippen LogP contribution in [-0.4, -0.2) is 24.7 Å². The Hall–Kier alpha value is -1.81. The minimum Gasteiger partial charge on any atom is -0.478 e. The van der Waals surface area contributed by atoms with Gasteiger partial charge in [0.2, 0.25) is 0 Å². The maximum Gasteiger partial charge on any atom is 0.335 e. The number of thiophene rings is 1. The minimum absolute atomic E-state index is 0.371. The van der Waals surface area contributed by atoms with Crippen molar-refractivity contribution >= 4 is 23.0 Å². The van der Waals surface area contributed by atoms with E-state index in [1.165, 1.54) is 4.88 Å². The molecule has 1 aromatic carbocycles. The molecule has 1 aromatic heterocycles. The monoisotopic (exact) mass is 275 g/mol. The number of likely N-dealkylation sites (N-methyl/N-ethyl adjacent to an activating group) is 1. The molecule has 100 valence electrons. The summed E-state index contributed by atoms with van der Waals surface area (Å²) in [7, 11) is 2.03. The predicted molar refractivity (Wildman–Crippen MR) is 79.4 cm³/mol. The van der Waals surface area contributed by atoms with E-state index in [4.69, 9.17) is 5.11 Å². The number of hydrogen-bond acceptors (Lipinski definition) is 3. The number of carbonyl (C=O) groups is 1. The molecule has 0 aliphatic carbocycles. The molecule has 0 spiro atoms. The fourth-order valence-electron chi connectivity index (χ4n) is 1.99. The van der Waals surface area contributed by atoms with Crippen LogP contribution < -0.4 is 4.90 Å². The zero-order valence-electron chi connectivity index (χ0n) is 11.1. The maximum atomic E-state index is 11.0. The average molecular weight is 275 g/mol. The summed E-state index contributed by atoms with van der Waals surface area (Å²) in [5.41, 5.74) is 2.22. The normalized spacial score (nSPS) is 10.4. The summed E-state index contributed by atoms with van der Waals surface area (Å²) >= 11 is 1.77. The summed E-state index contributed by atoms with van der Waals surface area (Å²) in [6, 6.07) is 9.67. The van der Waals surface area contributed by atoms with Crippen LogP contribution in [0.15, 0.2) is 35.7 Å². The van der Waals surface area contributed by atoms with Crippen LogP contribution in [0.2, 0.25) is 0 Å². The van der Waals surface area contributed by atoms with E-state index in [1.807, 2.05) is 26.1 Å². The number of benzene rings is 1. The van der Waals surface area contributed by atoms with Gasteiger partial charge in [-0.2, -0.15) is 0 Å². The Labute approximate surface area is 117 Å².